The number of unbranched alkanes of at least 4 members (excludes halogenated alkanes) is 15. The molecule has 12 nitrogen and oxygen atoms in total. The molecule has 346 valence electrons. The third-order valence-corrected chi connectivity index (χ3v) is 10.8. The Labute approximate surface area is 362 Å². The van der Waals surface area contributed by atoms with Gasteiger partial charge in [-0.05, 0) is 70.6 Å². The third-order valence-electron chi connectivity index (χ3n) is 10.1. The van der Waals surface area contributed by atoms with Crippen LogP contribution in [0.1, 0.15) is 168 Å². The molecule has 4 N–H and O–H groups in total. The molecule has 1 aliphatic rings. The average molecular weight is 869 g/mol. The van der Waals surface area contributed by atoms with E-state index in [0.29, 0.717) is 19.3 Å². The minimum atomic E-state index is -4.61. The molecular weight excluding hydrogens is 789 g/mol. The van der Waals surface area contributed by atoms with Crippen molar-refractivity contribution in [1.82, 2.24) is 0 Å². The lowest BCUT2D eigenvalue weighted by Gasteiger charge is -2.40. The Kier molecular flexibility index (Phi) is 34.1. The monoisotopic (exact) mass is 869 g/mol. The molecule has 0 aromatic heterocycles. The Hall–Kier alpha value is -2.65. The molecule has 0 bridgehead atoms. The number of allylic oxidation sites excluding steroid dienone is 10. The fourth-order valence-electron chi connectivity index (χ4n) is 6.55. The first kappa shape index (κ1) is 55.4. The zero-order valence-corrected chi connectivity index (χ0v) is 37.6. The van der Waals surface area contributed by atoms with Gasteiger partial charge in [0.25, 0.3) is 10.1 Å². The van der Waals surface area contributed by atoms with Crippen molar-refractivity contribution in [3.05, 3.63) is 60.8 Å². The molecule has 1 fully saturated rings. The fraction of sp³-hybridized carbons (Fsp3) is 0.745. The minimum absolute atomic E-state index is 0.0942. The van der Waals surface area contributed by atoms with Crippen molar-refractivity contribution >= 4 is 22.1 Å². The predicted octanol–water partition coefficient (Wildman–Crippen LogP) is 9.34. The van der Waals surface area contributed by atoms with Gasteiger partial charge in [-0.1, -0.05) is 145 Å². The molecular formula is C47H80O12S. The summed E-state index contributed by atoms with van der Waals surface area (Å²) in [6.45, 7) is 3.59. The molecule has 60 heavy (non-hydrogen) atoms. The lowest BCUT2D eigenvalue weighted by Crippen LogP contribution is -2.60. The molecule has 13 heteroatoms. The Bertz CT molecular complexity index is 1340. The van der Waals surface area contributed by atoms with Crippen LogP contribution in [0.4, 0.5) is 0 Å². The van der Waals surface area contributed by atoms with E-state index in [1.165, 1.54) is 57.8 Å². The number of carbonyl (C=O) groups excluding carboxylic acids is 2. The number of aliphatic hydroxyl groups excluding tert-OH is 3. The van der Waals surface area contributed by atoms with E-state index in [4.69, 9.17) is 18.9 Å². The Morgan fingerprint density at radius 3 is 1.62 bits per heavy atom. The number of esters is 2. The summed E-state index contributed by atoms with van der Waals surface area (Å²) in [5, 5.41) is 30.9. The second-order valence-corrected chi connectivity index (χ2v) is 17.2. The van der Waals surface area contributed by atoms with E-state index in [-0.39, 0.29) is 19.4 Å². The summed E-state index contributed by atoms with van der Waals surface area (Å²) in [7, 11) is -4.61. The molecule has 1 rings (SSSR count). The van der Waals surface area contributed by atoms with Crippen molar-refractivity contribution in [1.29, 1.82) is 0 Å². The molecule has 0 radical (unpaired) electrons. The van der Waals surface area contributed by atoms with Gasteiger partial charge in [0, 0.05) is 12.8 Å². The van der Waals surface area contributed by atoms with Crippen molar-refractivity contribution in [2.24, 2.45) is 0 Å². The van der Waals surface area contributed by atoms with Crippen LogP contribution in [0.15, 0.2) is 60.8 Å². The summed E-state index contributed by atoms with van der Waals surface area (Å²) >= 11 is 0. The SMILES string of the molecule is CC/C=C/C/C=C/C/C=C/CCCCCCCC(=O)OC[C@H](CO[C@H]1O[C@H](CS(=O)(=O)O)[C@@H](O)C(O)C1O)OC(=O)CCC/C=C/C/C=C/CCCCCCCCCCC. The van der Waals surface area contributed by atoms with Gasteiger partial charge in [0.1, 0.15) is 36.8 Å². The smallest absolute Gasteiger partial charge is 0.306 e. The van der Waals surface area contributed by atoms with Gasteiger partial charge in [-0.2, -0.15) is 8.42 Å². The average Bonchev–Trinajstić information content (AvgIpc) is 3.21. The summed E-state index contributed by atoms with van der Waals surface area (Å²) in [5.74, 6) is -2.07. The standard InChI is InChI=1S/C47H80O12S/c1-3-5-7-9-11-13-15-17-19-20-22-24-26-28-30-32-34-36-43(49)58-40(38-57-47-46(52)45(51)44(50)41(59-47)39-60(53,54)55)37-56-42(48)35-33-31-29-27-25-23-21-18-16-14-12-10-8-6-4-2/h6,8,12,14,18,21-22,24,28,30,40-41,44-47,50-52H,3-5,7,9-11,13,15-17,19-20,23,25-27,29,31-39H2,1-2H3,(H,53,54,55)/b8-6+,14-12+,21-18+,24-22+,30-28+/t40-,41-,44-,45?,46?,47+/m1/s1. The fourth-order valence-corrected chi connectivity index (χ4v) is 7.24. The van der Waals surface area contributed by atoms with Crippen LogP contribution in [0, 0.1) is 0 Å². The normalized spacial score (nSPS) is 20.7. The molecule has 2 unspecified atom stereocenters. The Morgan fingerprint density at radius 2 is 1.07 bits per heavy atom. The Balaban J connectivity index is 2.49. The molecule has 0 aromatic carbocycles. The second-order valence-electron chi connectivity index (χ2n) is 15.7. The van der Waals surface area contributed by atoms with E-state index >= 15 is 0 Å². The second kappa shape index (κ2) is 37.0. The van der Waals surface area contributed by atoms with E-state index in [0.717, 1.165) is 64.2 Å². The molecule has 0 saturated carbocycles. The summed E-state index contributed by atoms with van der Waals surface area (Å²) in [6, 6.07) is 0. The number of hydrogen-bond donors (Lipinski definition) is 4. The lowest BCUT2D eigenvalue weighted by molar-refractivity contribution is -0.297. The first-order valence-corrected chi connectivity index (χ1v) is 24.5. The number of hydrogen-bond acceptors (Lipinski definition) is 11. The van der Waals surface area contributed by atoms with E-state index < -0.39 is 71.2 Å². The molecule has 0 aromatic rings. The van der Waals surface area contributed by atoms with Crippen LogP contribution in [-0.4, -0.2) is 96.0 Å². The van der Waals surface area contributed by atoms with E-state index in [1.807, 2.05) is 6.08 Å². The maximum absolute atomic E-state index is 12.8. The zero-order chi connectivity index (χ0) is 44.1. The van der Waals surface area contributed by atoms with Crippen LogP contribution >= 0.6 is 0 Å². The van der Waals surface area contributed by atoms with E-state index in [9.17, 15) is 37.9 Å². The quantitative estimate of drug-likeness (QED) is 0.0201. The van der Waals surface area contributed by atoms with E-state index in [2.05, 4.69) is 68.5 Å². The molecule has 0 amide bonds. The summed E-state index contributed by atoms with van der Waals surface area (Å²) in [5.41, 5.74) is 0. The van der Waals surface area contributed by atoms with Gasteiger partial charge in [-0.15, -0.1) is 0 Å². The van der Waals surface area contributed by atoms with Crippen molar-refractivity contribution in [2.45, 2.75) is 205 Å². The maximum Gasteiger partial charge on any atom is 0.306 e. The molecule has 1 saturated heterocycles. The largest absolute Gasteiger partial charge is 0.462 e. The number of ether oxygens (including phenoxy) is 4. The molecule has 0 spiro atoms. The third kappa shape index (κ3) is 31.2. The van der Waals surface area contributed by atoms with Crippen molar-refractivity contribution in [3.63, 3.8) is 0 Å². The van der Waals surface area contributed by atoms with Gasteiger partial charge in [0.05, 0.1) is 6.61 Å². The van der Waals surface area contributed by atoms with Crippen LogP contribution in [-0.2, 0) is 38.7 Å². The maximum atomic E-state index is 12.8. The van der Waals surface area contributed by atoms with Crippen LogP contribution in [0.5, 0.6) is 0 Å². The van der Waals surface area contributed by atoms with Crippen molar-refractivity contribution in [2.75, 3.05) is 19.0 Å². The van der Waals surface area contributed by atoms with Crippen LogP contribution in [0.25, 0.3) is 0 Å². The van der Waals surface area contributed by atoms with Gasteiger partial charge in [0.15, 0.2) is 12.4 Å². The molecule has 1 aliphatic heterocycles. The van der Waals surface area contributed by atoms with Gasteiger partial charge in [0.2, 0.25) is 0 Å². The van der Waals surface area contributed by atoms with Crippen LogP contribution in [0.3, 0.4) is 0 Å². The molecule has 0 aliphatic carbocycles. The first-order chi connectivity index (χ1) is 29.0. The predicted molar refractivity (Wildman–Crippen MR) is 238 cm³/mol. The van der Waals surface area contributed by atoms with Crippen LogP contribution in [0.2, 0.25) is 0 Å². The van der Waals surface area contributed by atoms with Gasteiger partial charge in [-0.25, -0.2) is 0 Å². The summed E-state index contributed by atoms with van der Waals surface area (Å²) in [4.78, 5) is 25.4. The van der Waals surface area contributed by atoms with Crippen molar-refractivity contribution < 1.29 is 56.8 Å². The summed E-state index contributed by atoms with van der Waals surface area (Å²) in [6.07, 6.45) is 35.6. The number of rotatable bonds is 37. The van der Waals surface area contributed by atoms with Gasteiger partial charge < -0.3 is 34.3 Å². The highest BCUT2D eigenvalue weighted by atomic mass is 32.2. The van der Waals surface area contributed by atoms with E-state index in [1.54, 1.807) is 0 Å². The lowest BCUT2D eigenvalue weighted by atomic mass is 10.00. The highest BCUT2D eigenvalue weighted by Gasteiger charge is 2.46. The van der Waals surface area contributed by atoms with Crippen LogP contribution < -0.4 is 0 Å². The van der Waals surface area contributed by atoms with Crippen molar-refractivity contribution in [3.8, 4) is 0 Å². The zero-order valence-electron chi connectivity index (χ0n) is 36.8. The first-order valence-electron chi connectivity index (χ1n) is 22.8. The molecule has 1 heterocycles. The van der Waals surface area contributed by atoms with Gasteiger partial charge in [-0.3, -0.25) is 14.1 Å². The Morgan fingerprint density at radius 1 is 0.583 bits per heavy atom. The summed E-state index contributed by atoms with van der Waals surface area (Å²) < 4.78 is 54.0. The number of aliphatic hydroxyl groups is 3. The van der Waals surface area contributed by atoms with Gasteiger partial charge >= 0.3 is 11.9 Å². The topological polar surface area (TPSA) is 186 Å². The minimum Gasteiger partial charge on any atom is -0.462 e. The molecule has 6 atom stereocenters. The highest BCUT2D eigenvalue weighted by molar-refractivity contribution is 7.85. The number of carbonyl (C=O) groups is 2. The highest BCUT2D eigenvalue weighted by Crippen LogP contribution is 2.24.